The molecule has 1 aromatic heterocycles. The highest BCUT2D eigenvalue weighted by atomic mass is 16.2. The maximum atomic E-state index is 12.9. The van der Waals surface area contributed by atoms with Crippen LogP contribution in [0.1, 0.15) is 39.5 Å². The summed E-state index contributed by atoms with van der Waals surface area (Å²) in [6, 6.07) is 9.51. The van der Waals surface area contributed by atoms with Crippen LogP contribution in [0.2, 0.25) is 0 Å². The van der Waals surface area contributed by atoms with Gasteiger partial charge in [0.15, 0.2) is 5.69 Å². The quantitative estimate of drug-likeness (QED) is 0.856. The van der Waals surface area contributed by atoms with Gasteiger partial charge in [0.05, 0.1) is 12.4 Å². The number of nitrogens with zero attached hydrogens (tertiary/aromatic N) is 4. The van der Waals surface area contributed by atoms with Crippen LogP contribution in [0.3, 0.4) is 0 Å². The highest BCUT2D eigenvalue weighted by Gasteiger charge is 2.42. The van der Waals surface area contributed by atoms with Gasteiger partial charge < -0.3 is 19.7 Å². The molecule has 1 fully saturated rings. The zero-order valence-electron chi connectivity index (χ0n) is 16.0. The van der Waals surface area contributed by atoms with E-state index in [0.29, 0.717) is 31.9 Å². The van der Waals surface area contributed by atoms with Gasteiger partial charge in [0, 0.05) is 46.1 Å². The first-order valence-electron chi connectivity index (χ1n) is 9.35. The molecule has 3 heterocycles. The van der Waals surface area contributed by atoms with Crippen molar-refractivity contribution in [2.24, 2.45) is 5.92 Å². The number of likely N-dealkylation sites (tertiary alicyclic amines) is 1. The van der Waals surface area contributed by atoms with E-state index >= 15 is 0 Å². The molecule has 1 aromatic carbocycles. The predicted octanol–water partition coefficient (Wildman–Crippen LogP) is 0.918. The number of benzene rings is 1. The molecule has 0 saturated carbocycles. The fourth-order valence-corrected chi connectivity index (χ4v) is 4.07. The second-order valence-corrected chi connectivity index (χ2v) is 7.45. The molecule has 8 nitrogen and oxygen atoms in total. The Labute approximate surface area is 163 Å². The Morgan fingerprint density at radius 3 is 2.64 bits per heavy atom. The zero-order valence-corrected chi connectivity index (χ0v) is 16.0. The van der Waals surface area contributed by atoms with Crippen molar-refractivity contribution in [3.05, 3.63) is 53.6 Å². The second-order valence-electron chi connectivity index (χ2n) is 7.45. The van der Waals surface area contributed by atoms with E-state index in [0.717, 1.165) is 5.56 Å². The fourth-order valence-electron chi connectivity index (χ4n) is 4.07. The summed E-state index contributed by atoms with van der Waals surface area (Å²) in [5, 5.41) is 2.84. The number of carbonyl (C=O) groups excluding carboxylic acids is 3. The molecule has 4 rings (SSSR count). The van der Waals surface area contributed by atoms with Crippen molar-refractivity contribution < 1.29 is 14.4 Å². The Morgan fingerprint density at radius 2 is 1.93 bits per heavy atom. The highest BCUT2D eigenvalue weighted by Crippen LogP contribution is 2.33. The average molecular weight is 381 g/mol. The molecule has 0 bridgehead atoms. The SMILES string of the molecule is CC(=O)N1C[C@H]2CN(C)C(=O)c3c(C(=O)NCc4ccccc4)ncn3[C@@H]2C1. The van der Waals surface area contributed by atoms with Crippen LogP contribution in [0.25, 0.3) is 0 Å². The van der Waals surface area contributed by atoms with Crippen LogP contribution in [0, 0.1) is 5.92 Å². The lowest BCUT2D eigenvalue weighted by Crippen LogP contribution is -2.34. The van der Waals surface area contributed by atoms with Gasteiger partial charge in [0.25, 0.3) is 11.8 Å². The van der Waals surface area contributed by atoms with Crippen molar-refractivity contribution in [2.45, 2.75) is 19.5 Å². The van der Waals surface area contributed by atoms with E-state index in [1.165, 1.54) is 0 Å². The van der Waals surface area contributed by atoms with E-state index < -0.39 is 0 Å². The summed E-state index contributed by atoms with van der Waals surface area (Å²) in [7, 11) is 1.73. The lowest BCUT2D eigenvalue weighted by molar-refractivity contribution is -0.128. The van der Waals surface area contributed by atoms with E-state index in [9.17, 15) is 14.4 Å². The first kappa shape index (κ1) is 18.2. The molecule has 2 aromatic rings. The van der Waals surface area contributed by atoms with Crippen molar-refractivity contribution >= 4 is 17.7 Å². The Morgan fingerprint density at radius 1 is 1.18 bits per heavy atom. The zero-order chi connectivity index (χ0) is 19.8. The van der Waals surface area contributed by atoms with E-state index in [2.05, 4.69) is 10.3 Å². The van der Waals surface area contributed by atoms with Crippen molar-refractivity contribution in [3.63, 3.8) is 0 Å². The minimum Gasteiger partial charge on any atom is -0.347 e. The van der Waals surface area contributed by atoms with Gasteiger partial charge in [-0.2, -0.15) is 0 Å². The van der Waals surface area contributed by atoms with Gasteiger partial charge in [-0.15, -0.1) is 0 Å². The van der Waals surface area contributed by atoms with Crippen LogP contribution in [-0.2, 0) is 11.3 Å². The number of nitrogens with one attached hydrogen (secondary N) is 1. The maximum absolute atomic E-state index is 12.9. The minimum atomic E-state index is -0.376. The molecule has 0 radical (unpaired) electrons. The van der Waals surface area contributed by atoms with Gasteiger partial charge in [-0.3, -0.25) is 14.4 Å². The van der Waals surface area contributed by atoms with Crippen LogP contribution >= 0.6 is 0 Å². The third kappa shape index (κ3) is 3.15. The van der Waals surface area contributed by atoms with Gasteiger partial charge in [-0.25, -0.2) is 4.98 Å². The Balaban J connectivity index is 1.62. The van der Waals surface area contributed by atoms with Gasteiger partial charge in [-0.1, -0.05) is 30.3 Å². The lowest BCUT2D eigenvalue weighted by Gasteiger charge is -2.19. The van der Waals surface area contributed by atoms with Crippen LogP contribution in [0.4, 0.5) is 0 Å². The van der Waals surface area contributed by atoms with Crippen molar-refractivity contribution in [3.8, 4) is 0 Å². The number of hydrogen-bond acceptors (Lipinski definition) is 4. The topological polar surface area (TPSA) is 87.5 Å². The smallest absolute Gasteiger partial charge is 0.272 e. The van der Waals surface area contributed by atoms with Gasteiger partial charge in [-0.05, 0) is 5.56 Å². The molecule has 0 spiro atoms. The molecule has 2 aliphatic rings. The molecule has 8 heteroatoms. The first-order chi connectivity index (χ1) is 13.5. The summed E-state index contributed by atoms with van der Waals surface area (Å²) < 4.78 is 1.79. The highest BCUT2D eigenvalue weighted by molar-refractivity contribution is 6.05. The number of carbonyl (C=O) groups is 3. The Bertz CT molecular complexity index is 923. The molecule has 146 valence electrons. The van der Waals surface area contributed by atoms with E-state index in [4.69, 9.17) is 0 Å². The molecule has 1 N–H and O–H groups in total. The standard InChI is InChI=1S/C20H23N5O3/c1-13(26)24-10-15-9-23(2)20(28)18-17(22-12-25(18)16(15)11-24)19(27)21-8-14-6-4-3-5-7-14/h3-7,12,15-16H,8-11H2,1-2H3,(H,21,27)/t15-,16-/m1/s1. The summed E-state index contributed by atoms with van der Waals surface area (Å²) in [4.78, 5) is 45.2. The molecule has 0 unspecified atom stereocenters. The van der Waals surface area contributed by atoms with Crippen LogP contribution in [-0.4, -0.2) is 63.8 Å². The maximum Gasteiger partial charge on any atom is 0.272 e. The monoisotopic (exact) mass is 381 g/mol. The predicted molar refractivity (Wildman–Crippen MR) is 102 cm³/mol. The third-order valence-electron chi connectivity index (χ3n) is 5.57. The van der Waals surface area contributed by atoms with Crippen LogP contribution in [0.15, 0.2) is 36.7 Å². The first-order valence-corrected chi connectivity index (χ1v) is 9.35. The Hall–Kier alpha value is -3.16. The Kier molecular flexibility index (Phi) is 4.62. The summed E-state index contributed by atoms with van der Waals surface area (Å²) in [6.07, 6.45) is 1.56. The molecule has 0 aliphatic carbocycles. The molecule has 2 aliphatic heterocycles. The number of hydrogen-bond donors (Lipinski definition) is 1. The van der Waals surface area contributed by atoms with Gasteiger partial charge >= 0.3 is 0 Å². The van der Waals surface area contributed by atoms with Crippen molar-refractivity contribution in [1.82, 2.24) is 24.7 Å². The summed E-state index contributed by atoms with van der Waals surface area (Å²) in [5.41, 5.74) is 1.40. The number of fused-ring (bicyclic) bond motifs is 3. The third-order valence-corrected chi connectivity index (χ3v) is 5.57. The molecule has 28 heavy (non-hydrogen) atoms. The van der Waals surface area contributed by atoms with Crippen LogP contribution < -0.4 is 5.32 Å². The van der Waals surface area contributed by atoms with E-state index in [-0.39, 0.29) is 35.4 Å². The average Bonchev–Trinajstić information content (AvgIpc) is 3.28. The second kappa shape index (κ2) is 7.10. The normalized spacial score (nSPS) is 21.1. The van der Waals surface area contributed by atoms with E-state index in [1.807, 2.05) is 30.3 Å². The molecule has 1 saturated heterocycles. The van der Waals surface area contributed by atoms with E-state index in [1.54, 1.807) is 34.7 Å². The lowest BCUT2D eigenvalue weighted by atomic mass is 10.0. The summed E-state index contributed by atoms with van der Waals surface area (Å²) in [6.45, 7) is 3.58. The van der Waals surface area contributed by atoms with Gasteiger partial charge in [0.2, 0.25) is 5.91 Å². The largest absolute Gasteiger partial charge is 0.347 e. The number of amides is 3. The summed E-state index contributed by atoms with van der Waals surface area (Å²) >= 11 is 0. The van der Waals surface area contributed by atoms with Crippen molar-refractivity contribution in [2.75, 3.05) is 26.7 Å². The molecule has 3 amide bonds. The number of imidazole rings is 1. The summed E-state index contributed by atoms with van der Waals surface area (Å²) in [5.74, 6) is -0.455. The van der Waals surface area contributed by atoms with Crippen molar-refractivity contribution in [1.29, 1.82) is 0 Å². The molecular weight excluding hydrogens is 358 g/mol. The number of aromatic nitrogens is 2. The molecule has 2 atom stereocenters. The van der Waals surface area contributed by atoms with Gasteiger partial charge in [0.1, 0.15) is 5.69 Å². The van der Waals surface area contributed by atoms with Crippen LogP contribution in [0.5, 0.6) is 0 Å². The molecular formula is C20H23N5O3. The minimum absolute atomic E-state index is 0.0181. The number of rotatable bonds is 3. The fraction of sp³-hybridized carbons (Fsp3) is 0.400.